The van der Waals surface area contributed by atoms with Crippen LogP contribution < -0.4 is 0 Å². The Hall–Kier alpha value is -0.0400. The molecule has 2 bridgehead atoms. The highest BCUT2D eigenvalue weighted by Crippen LogP contribution is 2.46. The summed E-state index contributed by atoms with van der Waals surface area (Å²) in [5, 5.41) is 0. The molecular formula is C8H14O. The van der Waals surface area contributed by atoms with Crippen LogP contribution in [-0.4, -0.2) is 13.2 Å². The minimum atomic E-state index is 0.613. The maximum absolute atomic E-state index is 5.29. The number of hydrogen-bond acceptors (Lipinski definition) is 1. The summed E-state index contributed by atoms with van der Waals surface area (Å²) in [6.07, 6.45) is 6.29. The van der Waals surface area contributed by atoms with Gasteiger partial charge in [0, 0.05) is 7.11 Å². The van der Waals surface area contributed by atoms with Crippen LogP contribution in [0.3, 0.4) is 0 Å². The van der Waals surface area contributed by atoms with E-state index in [2.05, 4.69) is 0 Å². The Morgan fingerprint density at radius 3 is 1.89 bits per heavy atom. The molecule has 0 aliphatic heterocycles. The van der Waals surface area contributed by atoms with Gasteiger partial charge in [0.05, 0.1) is 6.10 Å². The molecule has 0 aromatic carbocycles. The van der Waals surface area contributed by atoms with Crippen LogP contribution in [0.25, 0.3) is 0 Å². The van der Waals surface area contributed by atoms with Crippen LogP contribution >= 0.6 is 0 Å². The predicted molar refractivity (Wildman–Crippen MR) is 36.2 cm³/mol. The van der Waals surface area contributed by atoms with Gasteiger partial charge in [-0.25, -0.2) is 0 Å². The maximum atomic E-state index is 5.29. The second-order valence-electron chi connectivity index (χ2n) is 3.53. The van der Waals surface area contributed by atoms with Gasteiger partial charge in [-0.2, -0.15) is 0 Å². The Bertz CT molecular complexity index is 95.1. The van der Waals surface area contributed by atoms with Gasteiger partial charge in [-0.3, -0.25) is 0 Å². The van der Waals surface area contributed by atoms with E-state index in [1.54, 1.807) is 0 Å². The van der Waals surface area contributed by atoms with Crippen molar-refractivity contribution < 1.29 is 4.74 Å². The fraction of sp³-hybridized carbons (Fsp3) is 1.00. The number of ether oxygens (including phenoxy) is 1. The van der Waals surface area contributed by atoms with Crippen molar-refractivity contribution in [2.45, 2.75) is 31.8 Å². The van der Waals surface area contributed by atoms with E-state index >= 15 is 0 Å². The summed E-state index contributed by atoms with van der Waals surface area (Å²) in [5.41, 5.74) is 0. The molecule has 0 aromatic heterocycles. The molecular weight excluding hydrogens is 112 g/mol. The van der Waals surface area contributed by atoms with Crippen molar-refractivity contribution >= 4 is 0 Å². The van der Waals surface area contributed by atoms with E-state index in [9.17, 15) is 0 Å². The molecule has 0 N–H and O–H groups in total. The lowest BCUT2D eigenvalue weighted by Crippen LogP contribution is -2.37. The molecule has 0 aromatic rings. The van der Waals surface area contributed by atoms with Crippen LogP contribution in [0, 0.1) is 11.8 Å². The highest BCUT2D eigenvalue weighted by molar-refractivity contribution is 4.89. The van der Waals surface area contributed by atoms with Crippen molar-refractivity contribution in [3.05, 3.63) is 0 Å². The Labute approximate surface area is 56.4 Å². The van der Waals surface area contributed by atoms with Crippen LogP contribution in [0.5, 0.6) is 0 Å². The molecule has 0 unspecified atom stereocenters. The first-order chi connectivity index (χ1) is 4.38. The summed E-state index contributed by atoms with van der Waals surface area (Å²) in [6, 6.07) is 0. The van der Waals surface area contributed by atoms with Gasteiger partial charge in [-0.15, -0.1) is 0 Å². The van der Waals surface area contributed by atoms with E-state index in [4.69, 9.17) is 4.74 Å². The smallest absolute Gasteiger partial charge is 0.0576 e. The van der Waals surface area contributed by atoms with Crippen LogP contribution in [-0.2, 0) is 4.74 Å². The van der Waals surface area contributed by atoms with E-state index in [-0.39, 0.29) is 0 Å². The van der Waals surface area contributed by atoms with E-state index in [0.717, 1.165) is 11.8 Å². The Morgan fingerprint density at radius 2 is 1.56 bits per heavy atom. The molecule has 0 amide bonds. The van der Waals surface area contributed by atoms with E-state index < -0.39 is 0 Å². The van der Waals surface area contributed by atoms with Gasteiger partial charge in [0.15, 0.2) is 0 Å². The molecule has 3 aliphatic rings. The molecule has 9 heavy (non-hydrogen) atoms. The van der Waals surface area contributed by atoms with Crippen molar-refractivity contribution in [2.75, 3.05) is 7.11 Å². The van der Waals surface area contributed by atoms with Crippen molar-refractivity contribution in [1.29, 1.82) is 0 Å². The highest BCUT2D eigenvalue weighted by atomic mass is 16.5. The summed E-state index contributed by atoms with van der Waals surface area (Å²) >= 11 is 0. The normalized spacial score (nSPS) is 48.3. The van der Waals surface area contributed by atoms with Crippen LogP contribution in [0.15, 0.2) is 0 Å². The van der Waals surface area contributed by atoms with Gasteiger partial charge in [0.2, 0.25) is 0 Å². The van der Waals surface area contributed by atoms with E-state index in [1.807, 2.05) is 7.11 Å². The molecule has 0 spiro atoms. The van der Waals surface area contributed by atoms with E-state index in [1.165, 1.54) is 25.7 Å². The monoisotopic (exact) mass is 126 g/mol. The number of methoxy groups -OCH3 is 1. The van der Waals surface area contributed by atoms with Crippen molar-refractivity contribution in [3.8, 4) is 0 Å². The molecule has 3 rings (SSSR count). The second kappa shape index (κ2) is 1.98. The fourth-order valence-corrected chi connectivity index (χ4v) is 2.29. The van der Waals surface area contributed by atoms with Gasteiger partial charge >= 0.3 is 0 Å². The lowest BCUT2D eigenvalue weighted by atomic mass is 9.64. The number of hydrogen-bond donors (Lipinski definition) is 0. The van der Waals surface area contributed by atoms with Crippen molar-refractivity contribution in [3.63, 3.8) is 0 Å². The molecule has 1 nitrogen and oxygen atoms in total. The topological polar surface area (TPSA) is 9.23 Å². The quantitative estimate of drug-likeness (QED) is 0.520. The zero-order valence-corrected chi connectivity index (χ0v) is 5.97. The lowest BCUT2D eigenvalue weighted by molar-refractivity contribution is -0.0270. The molecule has 3 saturated carbocycles. The van der Waals surface area contributed by atoms with Gasteiger partial charge < -0.3 is 4.74 Å². The average molecular weight is 126 g/mol. The molecule has 52 valence electrons. The first kappa shape index (κ1) is 5.72. The molecule has 1 heteroatoms. The molecule has 0 radical (unpaired) electrons. The zero-order chi connectivity index (χ0) is 6.27. The lowest BCUT2D eigenvalue weighted by Gasteiger charge is -2.44. The molecule has 0 saturated heterocycles. The van der Waals surface area contributed by atoms with Gasteiger partial charge in [-0.05, 0) is 37.5 Å². The fourth-order valence-electron chi connectivity index (χ4n) is 2.29. The first-order valence-electron chi connectivity index (χ1n) is 3.91. The SMILES string of the molecule is COC1CC2CC(C2)C1. The minimum Gasteiger partial charge on any atom is -0.381 e. The van der Waals surface area contributed by atoms with Crippen molar-refractivity contribution in [1.82, 2.24) is 0 Å². The predicted octanol–water partition coefficient (Wildman–Crippen LogP) is 1.82. The highest BCUT2D eigenvalue weighted by Gasteiger charge is 2.37. The number of fused-ring (bicyclic) bond motifs is 2. The Balaban J connectivity index is 1.89. The molecule has 0 atom stereocenters. The third kappa shape index (κ3) is 0.877. The van der Waals surface area contributed by atoms with Gasteiger partial charge in [-0.1, -0.05) is 0 Å². The third-order valence-corrected chi connectivity index (χ3v) is 2.86. The zero-order valence-electron chi connectivity index (χ0n) is 5.97. The van der Waals surface area contributed by atoms with Crippen LogP contribution in [0.1, 0.15) is 25.7 Å². The Morgan fingerprint density at radius 1 is 1.00 bits per heavy atom. The molecule has 3 fully saturated rings. The summed E-state index contributed by atoms with van der Waals surface area (Å²) in [4.78, 5) is 0. The summed E-state index contributed by atoms with van der Waals surface area (Å²) in [7, 11) is 1.84. The standard InChI is InChI=1S/C8H14O/c1-9-8-4-6-2-7(3-6)5-8/h6-8H,2-5H2,1H3. The first-order valence-corrected chi connectivity index (χ1v) is 3.91. The molecule has 3 aliphatic carbocycles. The summed E-state index contributed by atoms with van der Waals surface area (Å²) in [5.74, 6) is 2.07. The minimum absolute atomic E-state index is 0.613. The Kier molecular flexibility index (Phi) is 1.26. The molecule has 0 heterocycles. The average Bonchev–Trinajstić information content (AvgIpc) is 1.87. The van der Waals surface area contributed by atoms with Crippen molar-refractivity contribution in [2.24, 2.45) is 11.8 Å². The summed E-state index contributed by atoms with van der Waals surface area (Å²) < 4.78 is 5.29. The maximum Gasteiger partial charge on any atom is 0.0576 e. The number of rotatable bonds is 1. The van der Waals surface area contributed by atoms with Crippen LogP contribution in [0.4, 0.5) is 0 Å². The van der Waals surface area contributed by atoms with Crippen LogP contribution in [0.2, 0.25) is 0 Å². The van der Waals surface area contributed by atoms with E-state index in [0.29, 0.717) is 6.10 Å². The largest absolute Gasteiger partial charge is 0.381 e. The second-order valence-corrected chi connectivity index (χ2v) is 3.53. The summed E-state index contributed by atoms with van der Waals surface area (Å²) in [6.45, 7) is 0. The third-order valence-electron chi connectivity index (χ3n) is 2.86. The van der Waals surface area contributed by atoms with Gasteiger partial charge in [0.1, 0.15) is 0 Å². The van der Waals surface area contributed by atoms with Gasteiger partial charge in [0.25, 0.3) is 0 Å².